The van der Waals surface area contributed by atoms with E-state index in [1.807, 2.05) is 6.07 Å². The van der Waals surface area contributed by atoms with E-state index in [2.05, 4.69) is 9.97 Å². The minimum Gasteiger partial charge on any atom is -0.496 e. The number of carbonyl (C=O) groups is 2. The number of amides is 2. The number of hydrogen-bond acceptors (Lipinski definition) is 9. The van der Waals surface area contributed by atoms with E-state index in [0.29, 0.717) is 37.2 Å². The van der Waals surface area contributed by atoms with Crippen LogP contribution in [-0.4, -0.2) is 45.0 Å². The number of aryl methyl sites for hydroxylation is 2. The third kappa shape index (κ3) is 5.84. The number of fused-ring (bicyclic) bond motifs is 3. The molecule has 0 bridgehead atoms. The van der Waals surface area contributed by atoms with Crippen molar-refractivity contribution < 1.29 is 32.6 Å². The fourth-order valence-electron chi connectivity index (χ4n) is 4.78. The zero-order valence-corrected chi connectivity index (χ0v) is 26.5. The lowest BCUT2D eigenvalue weighted by atomic mass is 10.1. The number of carbonyl (C=O) groups excluding carboxylic acids is 2. The van der Waals surface area contributed by atoms with Crippen molar-refractivity contribution >= 4 is 50.6 Å². The molecule has 0 unspecified atom stereocenters. The fourth-order valence-corrected chi connectivity index (χ4v) is 5.68. The van der Waals surface area contributed by atoms with Gasteiger partial charge in [-0.15, -0.1) is 11.3 Å². The van der Waals surface area contributed by atoms with Crippen LogP contribution in [0.1, 0.15) is 75.4 Å². The van der Waals surface area contributed by atoms with E-state index in [1.165, 1.54) is 23.0 Å². The van der Waals surface area contributed by atoms with Crippen LogP contribution in [0.5, 0.6) is 5.75 Å². The number of ether oxygens (including phenoxy) is 3. The van der Waals surface area contributed by atoms with Crippen molar-refractivity contribution in [3.63, 3.8) is 0 Å². The summed E-state index contributed by atoms with van der Waals surface area (Å²) in [5, 5.41) is 10.9. The van der Waals surface area contributed by atoms with Gasteiger partial charge in [-0.25, -0.2) is 28.3 Å². The van der Waals surface area contributed by atoms with Gasteiger partial charge < -0.3 is 14.2 Å². The summed E-state index contributed by atoms with van der Waals surface area (Å²) in [6.45, 7) is 14.9. The Morgan fingerprint density at radius 3 is 2.09 bits per heavy atom. The number of thiazole rings is 1. The molecular weight excluding hydrogens is 580 g/mol. The zero-order valence-electron chi connectivity index (χ0n) is 25.7. The third-order valence-corrected chi connectivity index (χ3v) is 7.24. The van der Waals surface area contributed by atoms with E-state index in [9.17, 15) is 23.6 Å². The van der Waals surface area contributed by atoms with Gasteiger partial charge in [0.2, 0.25) is 0 Å². The molecule has 10 nitrogen and oxygen atoms in total. The SMILES string of the molecule is COc1ccc(C)c(-n2c(N(C(=O)OC(C)(C)C)C(=O)OC(C)(C)C)c(C#N)c3c(C(F)F)nc4nc(C)sc4c32)c1C. The number of imide groups is 1. The summed E-state index contributed by atoms with van der Waals surface area (Å²) < 4.78 is 48.1. The second-order valence-electron chi connectivity index (χ2n) is 11.9. The van der Waals surface area contributed by atoms with E-state index >= 15 is 0 Å². The minimum absolute atomic E-state index is 0.0411. The molecule has 4 aromatic rings. The van der Waals surface area contributed by atoms with Gasteiger partial charge in [0.1, 0.15) is 34.3 Å². The number of alkyl halides is 2. The second-order valence-corrected chi connectivity index (χ2v) is 13.1. The highest BCUT2D eigenvalue weighted by atomic mass is 32.1. The smallest absolute Gasteiger partial charge is 0.425 e. The van der Waals surface area contributed by atoms with E-state index in [4.69, 9.17) is 14.2 Å². The number of anilines is 1. The summed E-state index contributed by atoms with van der Waals surface area (Å²) in [7, 11) is 1.48. The number of rotatable bonds is 4. The molecule has 3 aromatic heterocycles. The predicted octanol–water partition coefficient (Wildman–Crippen LogP) is 8.05. The molecule has 0 aliphatic carbocycles. The molecule has 13 heteroatoms. The van der Waals surface area contributed by atoms with Crippen LogP contribution in [0, 0.1) is 32.1 Å². The Balaban J connectivity index is 2.34. The van der Waals surface area contributed by atoms with Gasteiger partial charge in [-0.05, 0) is 73.9 Å². The van der Waals surface area contributed by atoms with E-state index < -0.39 is 35.5 Å². The van der Waals surface area contributed by atoms with Crippen molar-refractivity contribution in [2.45, 2.75) is 79.9 Å². The van der Waals surface area contributed by atoms with E-state index in [-0.39, 0.29) is 27.9 Å². The molecule has 4 rings (SSSR count). The number of pyridine rings is 1. The number of halogens is 2. The summed E-state index contributed by atoms with van der Waals surface area (Å²) in [5.41, 5.74) is -1.46. The maximum absolute atomic E-state index is 14.7. The first-order chi connectivity index (χ1) is 19.9. The highest BCUT2D eigenvalue weighted by molar-refractivity contribution is 7.19. The first-order valence-electron chi connectivity index (χ1n) is 13.3. The fraction of sp³-hybridized carbons (Fsp3) is 0.433. The van der Waals surface area contributed by atoms with Crippen LogP contribution >= 0.6 is 11.3 Å². The monoisotopic (exact) mass is 613 g/mol. The lowest BCUT2D eigenvalue weighted by Crippen LogP contribution is -2.45. The van der Waals surface area contributed by atoms with Crippen molar-refractivity contribution in [3.8, 4) is 17.5 Å². The van der Waals surface area contributed by atoms with Crippen molar-refractivity contribution in [1.82, 2.24) is 14.5 Å². The molecule has 0 N–H and O–H groups in total. The lowest BCUT2D eigenvalue weighted by molar-refractivity contribution is 0.0428. The average molecular weight is 614 g/mol. The van der Waals surface area contributed by atoms with Gasteiger partial charge in [0.05, 0.1) is 28.0 Å². The Morgan fingerprint density at radius 1 is 1.02 bits per heavy atom. The van der Waals surface area contributed by atoms with Crippen molar-refractivity contribution in [2.75, 3.05) is 12.0 Å². The van der Waals surface area contributed by atoms with Gasteiger partial charge in [-0.1, -0.05) is 6.07 Å². The Morgan fingerprint density at radius 2 is 1.60 bits per heavy atom. The van der Waals surface area contributed by atoms with Crippen LogP contribution in [0.25, 0.3) is 26.9 Å². The number of nitriles is 1. The summed E-state index contributed by atoms with van der Waals surface area (Å²) in [6.07, 6.45) is -5.44. The van der Waals surface area contributed by atoms with Gasteiger partial charge >= 0.3 is 12.2 Å². The molecule has 0 radical (unpaired) electrons. The molecule has 3 heterocycles. The summed E-state index contributed by atoms with van der Waals surface area (Å²) in [6, 6.07) is 5.47. The first kappa shape index (κ1) is 31.6. The number of hydrogen-bond donors (Lipinski definition) is 0. The lowest BCUT2D eigenvalue weighted by Gasteiger charge is -2.30. The number of benzene rings is 1. The van der Waals surface area contributed by atoms with Crippen molar-refractivity contribution in [1.29, 1.82) is 5.26 Å². The molecule has 1 aromatic carbocycles. The number of nitrogens with zero attached hydrogens (tertiary/aromatic N) is 5. The predicted molar refractivity (Wildman–Crippen MR) is 160 cm³/mol. The van der Waals surface area contributed by atoms with Crippen LogP contribution < -0.4 is 9.64 Å². The molecule has 0 saturated heterocycles. The Kier molecular flexibility index (Phi) is 8.14. The second kappa shape index (κ2) is 11.1. The maximum atomic E-state index is 14.7. The highest BCUT2D eigenvalue weighted by Gasteiger charge is 2.40. The third-order valence-electron chi connectivity index (χ3n) is 6.27. The average Bonchev–Trinajstić information content (AvgIpc) is 3.38. The normalized spacial score (nSPS) is 12.1. The molecule has 0 aliphatic heterocycles. The Hall–Kier alpha value is -4.31. The summed E-state index contributed by atoms with van der Waals surface area (Å²) in [5.74, 6) is 0.121. The standard InChI is InChI=1S/C30H33F2N5O5S/c1-14-11-12-18(40-10)15(2)21(14)36-22-19(20(24(31)32)35-25-23(22)43-16(3)34-25)17(13-33)26(36)37(27(38)41-29(4,5)6)28(39)42-30(7,8)9/h11-12,24H,1-10H3. The van der Waals surface area contributed by atoms with E-state index in [1.54, 1.807) is 74.4 Å². The molecule has 0 atom stereocenters. The molecule has 0 saturated carbocycles. The quantitative estimate of drug-likeness (QED) is 0.227. The van der Waals surface area contributed by atoms with Crippen LogP contribution in [0.3, 0.4) is 0 Å². The Bertz CT molecular complexity index is 1780. The molecule has 0 aliphatic rings. The molecule has 43 heavy (non-hydrogen) atoms. The summed E-state index contributed by atoms with van der Waals surface area (Å²) >= 11 is 1.18. The van der Waals surface area contributed by atoms with Crippen molar-refractivity contribution in [2.24, 2.45) is 0 Å². The zero-order chi connectivity index (χ0) is 32.2. The van der Waals surface area contributed by atoms with Gasteiger partial charge in [0.15, 0.2) is 11.5 Å². The maximum Gasteiger partial charge on any atom is 0.425 e. The highest BCUT2D eigenvalue weighted by Crippen LogP contribution is 2.46. The largest absolute Gasteiger partial charge is 0.496 e. The molecule has 2 amide bonds. The molecule has 0 spiro atoms. The van der Waals surface area contributed by atoms with Crippen LogP contribution in [0.2, 0.25) is 0 Å². The molecule has 0 fully saturated rings. The van der Waals surface area contributed by atoms with Gasteiger partial charge in [0.25, 0.3) is 6.43 Å². The molecular formula is C30H33F2N5O5S. The first-order valence-corrected chi connectivity index (χ1v) is 14.2. The summed E-state index contributed by atoms with van der Waals surface area (Å²) in [4.78, 5) is 36.8. The van der Waals surface area contributed by atoms with E-state index in [0.717, 1.165) is 0 Å². The number of methoxy groups -OCH3 is 1. The Labute approximate surface area is 251 Å². The minimum atomic E-state index is -3.12. The van der Waals surface area contributed by atoms with Gasteiger partial charge in [0, 0.05) is 10.9 Å². The number of aromatic nitrogens is 3. The topological polar surface area (TPSA) is 120 Å². The van der Waals surface area contributed by atoms with Crippen LogP contribution in [-0.2, 0) is 9.47 Å². The van der Waals surface area contributed by atoms with Gasteiger partial charge in [-0.2, -0.15) is 10.2 Å². The van der Waals surface area contributed by atoms with Crippen molar-refractivity contribution in [3.05, 3.63) is 39.5 Å². The van der Waals surface area contributed by atoms with Gasteiger partial charge in [-0.3, -0.25) is 4.57 Å². The molecule has 228 valence electrons. The van der Waals surface area contributed by atoms with Crippen LogP contribution in [0.4, 0.5) is 24.2 Å². The van der Waals surface area contributed by atoms with Crippen LogP contribution in [0.15, 0.2) is 12.1 Å².